The van der Waals surface area contributed by atoms with Gasteiger partial charge in [-0.15, -0.1) is 0 Å². The lowest BCUT2D eigenvalue weighted by Crippen LogP contribution is -2.12. The molecular weight excluding hydrogens is 313 g/mol. The summed E-state index contributed by atoms with van der Waals surface area (Å²) in [6.07, 6.45) is 0.581. The Morgan fingerprint density at radius 2 is 1.95 bits per heavy atom. The molecule has 22 heavy (non-hydrogen) atoms. The maximum atomic E-state index is 12.4. The maximum Gasteiger partial charge on any atom is 0.488 e. The van der Waals surface area contributed by atoms with Crippen molar-refractivity contribution >= 4 is 22.1 Å². The van der Waals surface area contributed by atoms with Crippen molar-refractivity contribution in [1.82, 2.24) is 0 Å². The summed E-state index contributed by atoms with van der Waals surface area (Å²) in [5.41, 5.74) is 0.848. The van der Waals surface area contributed by atoms with Gasteiger partial charge in [-0.3, -0.25) is 4.79 Å². The molecule has 1 aromatic heterocycles. The highest BCUT2D eigenvalue weighted by Crippen LogP contribution is 2.20. The fourth-order valence-electron chi connectivity index (χ4n) is 1.92. The number of carbonyl (C=O) groups excluding carboxylic acids is 1. The molecular formula is C14H14FNO5S. The maximum absolute atomic E-state index is 12.4. The highest BCUT2D eigenvalue weighted by Gasteiger charge is 2.16. The van der Waals surface area contributed by atoms with Gasteiger partial charge in [-0.25, -0.2) is 0 Å². The molecule has 118 valence electrons. The van der Waals surface area contributed by atoms with Crippen LogP contribution in [0.1, 0.15) is 28.8 Å². The quantitative estimate of drug-likeness (QED) is 0.853. The summed E-state index contributed by atoms with van der Waals surface area (Å²) in [5, 5.41) is 2.64. The second-order valence-electron chi connectivity index (χ2n) is 4.50. The fourth-order valence-corrected chi connectivity index (χ4v) is 2.27. The lowest BCUT2D eigenvalue weighted by Gasteiger charge is -2.06. The van der Waals surface area contributed by atoms with Gasteiger partial charge in [-0.1, -0.05) is 10.8 Å². The number of carbonyl (C=O) groups is 1. The van der Waals surface area contributed by atoms with Crippen molar-refractivity contribution in [3.05, 3.63) is 47.4 Å². The SMILES string of the molecule is CCc1oc(C)cc1C(=O)Nc1ccc(OS(=O)(=O)F)cc1. The Labute approximate surface area is 127 Å². The molecule has 0 atom stereocenters. The van der Waals surface area contributed by atoms with E-state index in [9.17, 15) is 17.1 Å². The van der Waals surface area contributed by atoms with E-state index in [1.165, 1.54) is 24.3 Å². The van der Waals surface area contributed by atoms with E-state index in [0.29, 0.717) is 29.2 Å². The first kappa shape index (κ1) is 16.0. The molecule has 0 bridgehead atoms. The third kappa shape index (κ3) is 4.08. The highest BCUT2D eigenvalue weighted by atomic mass is 32.3. The number of hydrogen-bond acceptors (Lipinski definition) is 5. The molecule has 0 saturated heterocycles. The van der Waals surface area contributed by atoms with Crippen LogP contribution < -0.4 is 9.50 Å². The van der Waals surface area contributed by atoms with Crippen LogP contribution in [0.25, 0.3) is 0 Å². The molecule has 6 nitrogen and oxygen atoms in total. The van der Waals surface area contributed by atoms with Gasteiger partial charge in [-0.05, 0) is 37.3 Å². The molecule has 1 aromatic carbocycles. The van der Waals surface area contributed by atoms with E-state index in [1.807, 2.05) is 6.92 Å². The minimum absolute atomic E-state index is 0.186. The topological polar surface area (TPSA) is 85.6 Å². The molecule has 0 aliphatic rings. The zero-order chi connectivity index (χ0) is 16.3. The van der Waals surface area contributed by atoms with Crippen molar-refractivity contribution in [2.24, 2.45) is 0 Å². The van der Waals surface area contributed by atoms with Gasteiger partial charge < -0.3 is 13.9 Å². The Hall–Kier alpha value is -2.35. The van der Waals surface area contributed by atoms with Crippen LogP contribution in [0.5, 0.6) is 5.75 Å². The lowest BCUT2D eigenvalue weighted by atomic mass is 10.2. The fraction of sp³-hybridized carbons (Fsp3) is 0.214. The molecule has 0 fully saturated rings. The number of amides is 1. The predicted octanol–water partition coefficient (Wildman–Crippen LogP) is 3.00. The van der Waals surface area contributed by atoms with Crippen molar-refractivity contribution in [2.75, 3.05) is 5.32 Å². The first-order chi connectivity index (χ1) is 10.3. The monoisotopic (exact) mass is 327 g/mol. The number of anilines is 1. The second kappa shape index (κ2) is 6.18. The molecule has 2 aromatic rings. The highest BCUT2D eigenvalue weighted by molar-refractivity contribution is 7.81. The number of rotatable bonds is 5. The standard InChI is InChI=1S/C14H14FNO5S/c1-3-13-12(8-9(2)20-13)14(17)16-10-4-6-11(7-5-10)21-22(15,18)19/h4-8H,3H2,1-2H3,(H,16,17). The third-order valence-electron chi connectivity index (χ3n) is 2.81. The average Bonchev–Trinajstić information content (AvgIpc) is 2.80. The lowest BCUT2D eigenvalue weighted by molar-refractivity contribution is 0.102. The first-order valence-corrected chi connectivity index (χ1v) is 7.74. The van der Waals surface area contributed by atoms with Gasteiger partial charge in [0.1, 0.15) is 17.3 Å². The zero-order valence-corrected chi connectivity index (χ0v) is 12.7. The zero-order valence-electron chi connectivity index (χ0n) is 11.9. The van der Waals surface area contributed by atoms with Crippen molar-refractivity contribution in [3.8, 4) is 5.75 Å². The number of nitrogens with one attached hydrogen (secondary N) is 1. The third-order valence-corrected chi connectivity index (χ3v) is 3.20. The Bertz CT molecular complexity index is 780. The molecule has 0 spiro atoms. The van der Waals surface area contributed by atoms with Crippen LogP contribution in [0.15, 0.2) is 34.7 Å². The molecule has 8 heteroatoms. The van der Waals surface area contributed by atoms with E-state index in [2.05, 4.69) is 9.50 Å². The van der Waals surface area contributed by atoms with Crippen LogP contribution in [-0.4, -0.2) is 14.3 Å². The molecule has 0 unspecified atom stereocenters. The van der Waals surface area contributed by atoms with Gasteiger partial charge in [0.15, 0.2) is 0 Å². The Balaban J connectivity index is 2.12. The predicted molar refractivity (Wildman–Crippen MR) is 77.9 cm³/mol. The molecule has 0 saturated carbocycles. The van der Waals surface area contributed by atoms with E-state index in [1.54, 1.807) is 13.0 Å². The van der Waals surface area contributed by atoms with Gasteiger partial charge in [-0.2, -0.15) is 8.42 Å². The van der Waals surface area contributed by atoms with Gasteiger partial charge >= 0.3 is 10.5 Å². The summed E-state index contributed by atoms with van der Waals surface area (Å²) >= 11 is 0. The Morgan fingerprint density at radius 3 is 2.50 bits per heavy atom. The summed E-state index contributed by atoms with van der Waals surface area (Å²) in [4.78, 5) is 12.2. The van der Waals surface area contributed by atoms with Crippen LogP contribution in [0.2, 0.25) is 0 Å². The summed E-state index contributed by atoms with van der Waals surface area (Å²) in [7, 11) is -5.06. The summed E-state index contributed by atoms with van der Waals surface area (Å²) < 4.78 is 42.5. The smallest absolute Gasteiger partial charge is 0.466 e. The minimum Gasteiger partial charge on any atom is -0.466 e. The molecule has 0 aliphatic heterocycles. The summed E-state index contributed by atoms with van der Waals surface area (Å²) in [6.45, 7) is 3.62. The van der Waals surface area contributed by atoms with Crippen LogP contribution >= 0.6 is 0 Å². The number of aryl methyl sites for hydroxylation is 2. The van der Waals surface area contributed by atoms with E-state index in [0.717, 1.165) is 0 Å². The van der Waals surface area contributed by atoms with E-state index in [-0.39, 0.29) is 11.7 Å². The van der Waals surface area contributed by atoms with Crippen LogP contribution in [0, 0.1) is 6.92 Å². The summed E-state index contributed by atoms with van der Waals surface area (Å²) in [5.74, 6) is 0.687. The van der Waals surface area contributed by atoms with E-state index >= 15 is 0 Å². The van der Waals surface area contributed by atoms with E-state index < -0.39 is 10.5 Å². The largest absolute Gasteiger partial charge is 0.488 e. The molecule has 0 aliphatic carbocycles. The van der Waals surface area contributed by atoms with Gasteiger partial charge in [0.05, 0.1) is 5.56 Å². The Morgan fingerprint density at radius 1 is 1.32 bits per heavy atom. The van der Waals surface area contributed by atoms with Gasteiger partial charge in [0, 0.05) is 12.1 Å². The molecule has 0 radical (unpaired) electrons. The number of halogens is 1. The van der Waals surface area contributed by atoms with Crippen LogP contribution in [-0.2, 0) is 16.9 Å². The molecule has 2 rings (SSSR count). The van der Waals surface area contributed by atoms with Gasteiger partial charge in [0.25, 0.3) is 5.91 Å². The second-order valence-corrected chi connectivity index (χ2v) is 5.46. The van der Waals surface area contributed by atoms with Crippen molar-refractivity contribution < 1.29 is 25.7 Å². The minimum atomic E-state index is -5.06. The van der Waals surface area contributed by atoms with Crippen molar-refractivity contribution in [1.29, 1.82) is 0 Å². The number of hydrogen-bond donors (Lipinski definition) is 1. The van der Waals surface area contributed by atoms with Crippen LogP contribution in [0.4, 0.5) is 9.57 Å². The number of benzene rings is 1. The average molecular weight is 327 g/mol. The molecule has 1 amide bonds. The normalized spacial score (nSPS) is 11.2. The van der Waals surface area contributed by atoms with Crippen molar-refractivity contribution in [2.45, 2.75) is 20.3 Å². The Kier molecular flexibility index (Phi) is 4.51. The summed E-state index contributed by atoms with van der Waals surface area (Å²) in [6, 6.07) is 6.90. The first-order valence-electron chi connectivity index (χ1n) is 6.43. The molecule has 1 heterocycles. The van der Waals surface area contributed by atoms with Gasteiger partial charge in [0.2, 0.25) is 0 Å². The number of furan rings is 1. The van der Waals surface area contributed by atoms with Crippen LogP contribution in [0.3, 0.4) is 0 Å². The van der Waals surface area contributed by atoms with E-state index in [4.69, 9.17) is 4.42 Å². The molecule has 1 N–H and O–H groups in total. The van der Waals surface area contributed by atoms with Crippen molar-refractivity contribution in [3.63, 3.8) is 0 Å².